The van der Waals surface area contributed by atoms with Gasteiger partial charge < -0.3 is 16.4 Å². The second kappa shape index (κ2) is 10.6. The number of nitrogens with one attached hydrogen (secondary N) is 2. The number of hydrogen-bond acceptors (Lipinski definition) is 3. The van der Waals surface area contributed by atoms with Crippen LogP contribution in [0.4, 0.5) is 4.79 Å². The Balaban J connectivity index is 1.58. The topological polar surface area (TPSA) is 84.2 Å². The molecule has 0 saturated heterocycles. The van der Waals surface area contributed by atoms with Crippen LogP contribution in [0.15, 0.2) is 42.5 Å². The highest BCUT2D eigenvalue weighted by Crippen LogP contribution is 2.22. The molecule has 0 spiro atoms. The highest BCUT2D eigenvalue weighted by molar-refractivity contribution is 7.98. The van der Waals surface area contributed by atoms with Gasteiger partial charge in [-0.3, -0.25) is 4.79 Å². The maximum atomic E-state index is 11.7. The maximum Gasteiger partial charge on any atom is 0.312 e. The molecule has 0 unspecified atom stereocenters. The largest absolute Gasteiger partial charge is 0.355 e. The Hall–Kier alpha value is -2.21. The number of carbonyl (C=O) groups is 2. The van der Waals surface area contributed by atoms with Gasteiger partial charge in [0.1, 0.15) is 0 Å². The lowest BCUT2D eigenvalue weighted by molar-refractivity contribution is -0.121. The number of carbonyl (C=O) groups excluding carboxylic acids is 2. The fraction of sp³-hybridized carbons (Fsp3) is 0.368. The highest BCUT2D eigenvalue weighted by Gasteiger charge is 2.03. The Labute approximate surface area is 152 Å². The molecule has 0 bridgehead atoms. The fourth-order valence-electron chi connectivity index (χ4n) is 2.57. The van der Waals surface area contributed by atoms with Gasteiger partial charge in [-0.15, -0.1) is 0 Å². The summed E-state index contributed by atoms with van der Waals surface area (Å²) in [5.41, 5.74) is 6.30. The summed E-state index contributed by atoms with van der Waals surface area (Å²) in [7, 11) is 0. The molecule has 2 aromatic rings. The number of rotatable bonds is 10. The molecule has 0 aromatic heterocycles. The summed E-state index contributed by atoms with van der Waals surface area (Å²) in [5, 5.41) is 8.01. The number of thioether (sulfide) groups is 1. The minimum Gasteiger partial charge on any atom is -0.355 e. The quantitative estimate of drug-likeness (QED) is 0.570. The molecule has 0 aliphatic heterocycles. The number of unbranched alkanes of at least 4 members (excludes halogenated alkanes) is 1. The number of benzene rings is 2. The molecule has 5 nitrogen and oxygen atoms in total. The molecule has 0 atom stereocenters. The minimum absolute atomic E-state index is 0.0600. The first-order valence-electron chi connectivity index (χ1n) is 8.51. The first-order chi connectivity index (χ1) is 12.2. The third-order valence-corrected chi connectivity index (χ3v) is 4.84. The normalized spacial score (nSPS) is 10.6. The van der Waals surface area contributed by atoms with Crippen LogP contribution in [0, 0.1) is 0 Å². The summed E-state index contributed by atoms with van der Waals surface area (Å²) in [6.07, 6.45) is 1.98. The summed E-state index contributed by atoms with van der Waals surface area (Å²) in [4.78, 5) is 22.2. The van der Waals surface area contributed by atoms with E-state index in [9.17, 15) is 9.59 Å². The van der Waals surface area contributed by atoms with E-state index in [1.165, 1.54) is 16.3 Å². The van der Waals surface area contributed by atoms with Crippen LogP contribution in [0.25, 0.3) is 10.8 Å². The summed E-state index contributed by atoms with van der Waals surface area (Å²) < 4.78 is 0. The Kier molecular flexibility index (Phi) is 8.12. The molecule has 3 amide bonds. The molecule has 0 saturated carbocycles. The molecule has 25 heavy (non-hydrogen) atoms. The number of amides is 3. The molecule has 2 rings (SSSR count). The zero-order chi connectivity index (χ0) is 17.9. The number of primary amides is 1. The predicted octanol–water partition coefficient (Wildman–Crippen LogP) is 3.03. The number of fused-ring (bicyclic) bond motifs is 1. The van der Waals surface area contributed by atoms with E-state index in [1.54, 1.807) is 0 Å². The van der Waals surface area contributed by atoms with Crippen molar-refractivity contribution in [1.29, 1.82) is 0 Å². The van der Waals surface area contributed by atoms with E-state index in [0.29, 0.717) is 19.5 Å². The van der Waals surface area contributed by atoms with Crippen LogP contribution in [0.3, 0.4) is 0 Å². The van der Waals surface area contributed by atoms with E-state index in [-0.39, 0.29) is 5.91 Å². The Morgan fingerprint density at radius 1 is 0.960 bits per heavy atom. The van der Waals surface area contributed by atoms with Crippen LogP contribution < -0.4 is 16.4 Å². The molecular weight excluding hydrogens is 334 g/mol. The first kappa shape index (κ1) is 19.1. The molecule has 0 radical (unpaired) electrons. The molecular formula is C19H25N3O2S. The zero-order valence-electron chi connectivity index (χ0n) is 14.3. The van der Waals surface area contributed by atoms with E-state index in [1.807, 2.05) is 11.8 Å². The molecule has 134 valence electrons. The van der Waals surface area contributed by atoms with Gasteiger partial charge in [-0.2, -0.15) is 11.8 Å². The molecule has 6 heteroatoms. The summed E-state index contributed by atoms with van der Waals surface area (Å²) in [6.45, 7) is 1.19. The van der Waals surface area contributed by atoms with Gasteiger partial charge in [0.2, 0.25) is 5.91 Å². The average molecular weight is 359 g/mol. The Morgan fingerprint density at radius 3 is 2.60 bits per heavy atom. The third-order valence-electron chi connectivity index (χ3n) is 3.84. The molecule has 0 aliphatic carbocycles. The van der Waals surface area contributed by atoms with Crippen LogP contribution in [-0.4, -0.2) is 30.8 Å². The first-order valence-corrected chi connectivity index (χ1v) is 9.66. The minimum atomic E-state index is -0.521. The van der Waals surface area contributed by atoms with Crippen molar-refractivity contribution in [3.8, 4) is 0 Å². The number of nitrogens with two attached hydrogens (primary N) is 1. The number of urea groups is 1. The predicted molar refractivity (Wildman–Crippen MR) is 105 cm³/mol. The molecule has 0 heterocycles. The van der Waals surface area contributed by atoms with Crippen LogP contribution in [0.2, 0.25) is 0 Å². The van der Waals surface area contributed by atoms with Crippen LogP contribution in [0.1, 0.15) is 24.8 Å². The Morgan fingerprint density at radius 2 is 1.76 bits per heavy atom. The van der Waals surface area contributed by atoms with E-state index in [0.717, 1.165) is 24.3 Å². The smallest absolute Gasteiger partial charge is 0.312 e. The Bertz CT molecular complexity index is 701. The van der Waals surface area contributed by atoms with Gasteiger partial charge in [0.05, 0.1) is 0 Å². The fourth-order valence-corrected chi connectivity index (χ4v) is 3.44. The average Bonchev–Trinajstić information content (AvgIpc) is 2.61. The van der Waals surface area contributed by atoms with Crippen LogP contribution in [0.5, 0.6) is 0 Å². The lowest BCUT2D eigenvalue weighted by Crippen LogP contribution is -2.30. The van der Waals surface area contributed by atoms with E-state index < -0.39 is 6.03 Å². The molecule has 4 N–H and O–H groups in total. The van der Waals surface area contributed by atoms with Gasteiger partial charge >= 0.3 is 6.03 Å². The van der Waals surface area contributed by atoms with Gasteiger partial charge in [-0.1, -0.05) is 42.5 Å². The second-order valence-electron chi connectivity index (χ2n) is 5.79. The summed E-state index contributed by atoms with van der Waals surface area (Å²) >= 11 is 1.82. The second-order valence-corrected chi connectivity index (χ2v) is 6.89. The maximum absolute atomic E-state index is 11.7. The van der Waals surface area contributed by atoms with Crippen molar-refractivity contribution >= 4 is 34.5 Å². The van der Waals surface area contributed by atoms with Crippen molar-refractivity contribution in [3.05, 3.63) is 48.0 Å². The molecule has 2 aromatic carbocycles. The van der Waals surface area contributed by atoms with Crippen molar-refractivity contribution < 1.29 is 9.59 Å². The monoisotopic (exact) mass is 359 g/mol. The standard InChI is InChI=1S/C19H25N3O2S/c20-19(24)22-11-4-3-10-18(23)21-12-13-25-14-16-8-5-7-15-6-1-2-9-17(15)16/h1-2,5-9H,3-4,10-14H2,(H,21,23)(H3,20,22,24). The number of hydrogen-bond donors (Lipinski definition) is 3. The SMILES string of the molecule is NC(=O)NCCCCC(=O)NCCSCc1cccc2ccccc12. The van der Waals surface area contributed by atoms with Gasteiger partial charge in [0.15, 0.2) is 0 Å². The lowest BCUT2D eigenvalue weighted by atomic mass is 10.1. The van der Waals surface area contributed by atoms with Gasteiger partial charge in [0, 0.05) is 31.0 Å². The van der Waals surface area contributed by atoms with Gasteiger partial charge in [-0.05, 0) is 29.2 Å². The third kappa shape index (κ3) is 7.05. The van der Waals surface area contributed by atoms with Crippen molar-refractivity contribution in [2.75, 3.05) is 18.8 Å². The van der Waals surface area contributed by atoms with E-state index >= 15 is 0 Å². The van der Waals surface area contributed by atoms with Crippen molar-refractivity contribution in [2.45, 2.75) is 25.0 Å². The zero-order valence-corrected chi connectivity index (χ0v) is 15.1. The van der Waals surface area contributed by atoms with Crippen molar-refractivity contribution in [3.63, 3.8) is 0 Å². The molecule has 0 fully saturated rings. The van der Waals surface area contributed by atoms with Gasteiger partial charge in [0.25, 0.3) is 0 Å². The summed E-state index contributed by atoms with van der Waals surface area (Å²) in [6, 6.07) is 14.3. The van der Waals surface area contributed by atoms with E-state index in [4.69, 9.17) is 5.73 Å². The van der Waals surface area contributed by atoms with Crippen LogP contribution in [-0.2, 0) is 10.5 Å². The van der Waals surface area contributed by atoms with Crippen molar-refractivity contribution in [1.82, 2.24) is 10.6 Å². The van der Waals surface area contributed by atoms with E-state index in [2.05, 4.69) is 53.1 Å². The van der Waals surface area contributed by atoms with Gasteiger partial charge in [-0.25, -0.2) is 4.79 Å². The lowest BCUT2D eigenvalue weighted by Gasteiger charge is -2.08. The van der Waals surface area contributed by atoms with Crippen LogP contribution >= 0.6 is 11.8 Å². The van der Waals surface area contributed by atoms with Crippen molar-refractivity contribution in [2.24, 2.45) is 5.73 Å². The highest BCUT2D eigenvalue weighted by atomic mass is 32.2. The summed E-state index contributed by atoms with van der Waals surface area (Å²) in [5.74, 6) is 1.89. The molecule has 0 aliphatic rings.